The third kappa shape index (κ3) is 14.9. The molecule has 0 radical (unpaired) electrons. The van der Waals surface area contributed by atoms with E-state index in [2.05, 4.69) is 5.32 Å². The van der Waals surface area contributed by atoms with Crippen LogP contribution in [0, 0.1) is 0 Å². The molecular formula is C57H88N8O11. The third-order valence-electron chi connectivity index (χ3n) is 13.8. The minimum absolute atomic E-state index is 0.0834. The van der Waals surface area contributed by atoms with Gasteiger partial charge in [0.05, 0.1) is 23.5 Å². The second kappa shape index (κ2) is 25.8. The highest BCUT2D eigenvalue weighted by atomic mass is 16.6. The highest BCUT2D eigenvalue weighted by molar-refractivity contribution is 6.05. The second-order valence-corrected chi connectivity index (χ2v) is 22.7. The Kier molecular flexibility index (Phi) is 20.6. The molecule has 2 saturated heterocycles. The summed E-state index contributed by atoms with van der Waals surface area (Å²) < 4.78 is 23.0. The summed E-state index contributed by atoms with van der Waals surface area (Å²) in [5.74, 6) is 0.404. The number of fused-ring (bicyclic) bond motifs is 2. The summed E-state index contributed by atoms with van der Waals surface area (Å²) in [6, 6.07) is 6.75. The minimum Gasteiger partial charge on any atom is -0.479 e. The molecule has 0 bridgehead atoms. The third-order valence-corrected chi connectivity index (χ3v) is 13.8. The lowest BCUT2D eigenvalue weighted by molar-refractivity contribution is -0.126. The maximum absolute atomic E-state index is 14.2. The fourth-order valence-corrected chi connectivity index (χ4v) is 10.3. The van der Waals surface area contributed by atoms with Gasteiger partial charge in [0.2, 0.25) is 5.91 Å². The number of hydrogen-bond donors (Lipinski definition) is 2. The van der Waals surface area contributed by atoms with E-state index in [1.165, 1.54) is 0 Å². The molecule has 0 aromatic heterocycles. The van der Waals surface area contributed by atoms with Crippen LogP contribution in [0.25, 0.3) is 0 Å². The van der Waals surface area contributed by atoms with Crippen molar-refractivity contribution in [2.45, 2.75) is 196 Å². The Morgan fingerprint density at radius 2 is 1.07 bits per heavy atom. The van der Waals surface area contributed by atoms with Gasteiger partial charge in [-0.05, 0) is 157 Å². The first-order valence-electron chi connectivity index (χ1n) is 27.5. The van der Waals surface area contributed by atoms with Gasteiger partial charge in [0.15, 0.2) is 12.2 Å². The van der Waals surface area contributed by atoms with Gasteiger partial charge < -0.3 is 59.4 Å². The molecule has 19 nitrogen and oxygen atoms in total. The van der Waals surface area contributed by atoms with Crippen molar-refractivity contribution in [3.8, 4) is 11.5 Å². The summed E-state index contributed by atoms with van der Waals surface area (Å²) >= 11 is 0. The van der Waals surface area contributed by atoms with Gasteiger partial charge in [-0.3, -0.25) is 24.0 Å². The van der Waals surface area contributed by atoms with Crippen molar-refractivity contribution in [3.05, 3.63) is 46.5 Å². The number of amides is 7. The number of ether oxygens (including phenoxy) is 4. The van der Waals surface area contributed by atoms with E-state index < -0.39 is 23.4 Å². The van der Waals surface area contributed by atoms with Crippen molar-refractivity contribution in [1.29, 1.82) is 0 Å². The van der Waals surface area contributed by atoms with Crippen LogP contribution < -0.4 is 30.3 Å². The van der Waals surface area contributed by atoms with Crippen LogP contribution in [0.2, 0.25) is 0 Å². The molecule has 76 heavy (non-hydrogen) atoms. The fraction of sp³-hybridized carbons (Fsp3) is 0.667. The number of carbonyl (C=O) groups excluding carboxylic acids is 7. The van der Waals surface area contributed by atoms with E-state index in [-0.39, 0.29) is 72.4 Å². The lowest BCUT2D eigenvalue weighted by Crippen LogP contribution is -2.54. The fourth-order valence-electron chi connectivity index (χ4n) is 10.3. The first kappa shape index (κ1) is 60.8. The summed E-state index contributed by atoms with van der Waals surface area (Å²) in [5, 5.41) is 2.82. The molecule has 3 N–H and O–H groups in total. The highest BCUT2D eigenvalue weighted by Crippen LogP contribution is 2.40. The molecule has 7 amide bonds. The van der Waals surface area contributed by atoms with Gasteiger partial charge in [-0.2, -0.15) is 0 Å². The SMILES string of the molecule is CCC(=O)NCCN1C(=O)[C@@H](C)Oc2cc(CC)c(C(=O)N(C(C)C)[C@@H]3CCCN(C(=O)OC(C)(C)C)C3)cc21.CCc1cc2c(cc1C(=O)N(C(C)C)[C@@H]1CCCN(C(=O)OC(C)(C)C)C1)N(CCN)C(=O)[C@@H](C)O2. The van der Waals surface area contributed by atoms with Crippen molar-refractivity contribution in [3.63, 3.8) is 0 Å². The zero-order chi connectivity index (χ0) is 56.6. The number of anilines is 2. The number of carbonyl (C=O) groups is 7. The average molecular weight is 1060 g/mol. The van der Waals surface area contributed by atoms with Crippen LogP contribution in [0.5, 0.6) is 11.5 Å². The van der Waals surface area contributed by atoms with Crippen LogP contribution in [-0.4, -0.2) is 161 Å². The number of rotatable bonds is 14. The normalized spacial score (nSPS) is 19.7. The van der Waals surface area contributed by atoms with Crippen molar-refractivity contribution in [2.75, 3.05) is 62.2 Å². The van der Waals surface area contributed by atoms with Crippen LogP contribution >= 0.6 is 0 Å². The van der Waals surface area contributed by atoms with Crippen molar-refractivity contribution >= 4 is 53.1 Å². The van der Waals surface area contributed by atoms with Gasteiger partial charge >= 0.3 is 12.2 Å². The Morgan fingerprint density at radius 1 is 0.671 bits per heavy atom. The molecule has 4 heterocycles. The van der Waals surface area contributed by atoms with Crippen molar-refractivity contribution in [1.82, 2.24) is 24.9 Å². The lowest BCUT2D eigenvalue weighted by Gasteiger charge is -2.42. The monoisotopic (exact) mass is 1060 g/mol. The Morgan fingerprint density at radius 3 is 1.41 bits per heavy atom. The van der Waals surface area contributed by atoms with Crippen LogP contribution in [0.4, 0.5) is 21.0 Å². The average Bonchev–Trinajstić information content (AvgIpc) is 3.34. The molecule has 0 spiro atoms. The predicted molar refractivity (Wildman–Crippen MR) is 293 cm³/mol. The Labute approximate surface area is 451 Å². The zero-order valence-corrected chi connectivity index (χ0v) is 48.1. The topological polar surface area (TPSA) is 214 Å². The number of likely N-dealkylation sites (tertiary alicyclic amines) is 2. The van der Waals surface area contributed by atoms with E-state index in [9.17, 15) is 33.6 Å². The number of benzene rings is 2. The van der Waals surface area contributed by atoms with E-state index in [1.807, 2.05) is 105 Å². The molecule has 2 aromatic carbocycles. The second-order valence-electron chi connectivity index (χ2n) is 22.7. The molecule has 19 heteroatoms. The van der Waals surface area contributed by atoms with E-state index in [4.69, 9.17) is 24.7 Å². The van der Waals surface area contributed by atoms with Crippen LogP contribution in [0.1, 0.15) is 168 Å². The number of aryl methyl sites for hydroxylation is 2. The van der Waals surface area contributed by atoms with E-state index in [0.717, 1.165) is 36.8 Å². The maximum atomic E-state index is 14.2. The first-order valence-corrected chi connectivity index (χ1v) is 27.5. The molecule has 2 fully saturated rings. The number of piperidine rings is 2. The minimum atomic E-state index is -0.672. The molecule has 2 aromatic rings. The van der Waals surface area contributed by atoms with E-state index in [1.54, 1.807) is 52.5 Å². The van der Waals surface area contributed by atoms with Gasteiger partial charge in [-0.25, -0.2) is 9.59 Å². The molecule has 0 unspecified atom stereocenters. The van der Waals surface area contributed by atoms with Crippen LogP contribution in [0.3, 0.4) is 0 Å². The summed E-state index contributed by atoms with van der Waals surface area (Å²) in [4.78, 5) is 102. The van der Waals surface area contributed by atoms with Gasteiger partial charge in [-0.1, -0.05) is 20.8 Å². The molecular weight excluding hydrogens is 973 g/mol. The number of hydrogen-bond acceptors (Lipinski definition) is 12. The quantitative estimate of drug-likeness (QED) is 0.186. The van der Waals surface area contributed by atoms with Gasteiger partial charge in [-0.15, -0.1) is 0 Å². The Bertz CT molecular complexity index is 2430. The Balaban J connectivity index is 0.000000282. The van der Waals surface area contributed by atoms with Gasteiger partial charge in [0.25, 0.3) is 23.6 Å². The summed E-state index contributed by atoms with van der Waals surface area (Å²) in [6.07, 6.45) is 2.73. The molecule has 0 saturated carbocycles. The first-order chi connectivity index (χ1) is 35.6. The molecule has 4 atom stereocenters. The maximum Gasteiger partial charge on any atom is 0.410 e. The highest BCUT2D eigenvalue weighted by Gasteiger charge is 2.40. The van der Waals surface area contributed by atoms with Gasteiger partial charge in [0.1, 0.15) is 22.7 Å². The summed E-state index contributed by atoms with van der Waals surface area (Å²) in [7, 11) is 0. The number of nitrogens with zero attached hydrogens (tertiary/aromatic N) is 6. The molecule has 4 aliphatic heterocycles. The van der Waals surface area contributed by atoms with E-state index >= 15 is 0 Å². The molecule has 6 rings (SSSR count). The predicted octanol–water partition coefficient (Wildman–Crippen LogP) is 7.71. The summed E-state index contributed by atoms with van der Waals surface area (Å²) in [5.41, 5.74) is 8.46. The summed E-state index contributed by atoms with van der Waals surface area (Å²) in [6.45, 7) is 31.4. The molecule has 4 aliphatic rings. The van der Waals surface area contributed by atoms with Crippen LogP contribution in [0.15, 0.2) is 24.3 Å². The Hall–Kier alpha value is -6.11. The standard InChI is InChI=1S/C30H46N4O6.C27H42N4O5/c1-9-21-16-25-24(33(27(36)20(5)39-25)15-13-31-26(35)10-2)17-23(21)28(37)34(19(3)4)22-12-11-14-32(18-22)29(38)40-30(6,7)8;1-8-19-14-23-22(30(13-11-28)24(32)18(4)35-23)15-21(19)25(33)31(17(2)3)20-10-9-12-29(16-20)26(34)36-27(5,6)7/h16-17,19-20,22H,9-15,18H2,1-8H3,(H,31,35);14-15,17-18,20H,8-13,16,28H2,1-7H3/t20-,22-;18-,20-/m11/s1. The van der Waals surface area contributed by atoms with Gasteiger partial charge in [0, 0.05) is 82.0 Å². The number of nitrogens with two attached hydrogens (primary N) is 1. The smallest absolute Gasteiger partial charge is 0.410 e. The molecule has 422 valence electrons. The number of nitrogens with one attached hydrogen (secondary N) is 1. The van der Waals surface area contributed by atoms with Crippen molar-refractivity contribution in [2.24, 2.45) is 5.73 Å². The van der Waals surface area contributed by atoms with Crippen LogP contribution in [-0.2, 0) is 36.7 Å². The van der Waals surface area contributed by atoms with Crippen molar-refractivity contribution < 1.29 is 52.5 Å². The molecule has 0 aliphatic carbocycles. The largest absolute Gasteiger partial charge is 0.479 e. The zero-order valence-electron chi connectivity index (χ0n) is 48.1. The van der Waals surface area contributed by atoms with E-state index in [0.29, 0.717) is 99.1 Å². The lowest BCUT2D eigenvalue weighted by atomic mass is 9.97.